The molecule has 0 radical (unpaired) electrons. The fourth-order valence-electron chi connectivity index (χ4n) is 3.95. The summed E-state index contributed by atoms with van der Waals surface area (Å²) >= 11 is 0. The highest BCUT2D eigenvalue weighted by molar-refractivity contribution is 5.79. The van der Waals surface area contributed by atoms with Crippen LogP contribution in [0.15, 0.2) is 54.6 Å². The van der Waals surface area contributed by atoms with Crippen molar-refractivity contribution in [2.45, 2.75) is 38.1 Å². The van der Waals surface area contributed by atoms with E-state index in [-0.39, 0.29) is 23.3 Å². The lowest BCUT2D eigenvalue weighted by Crippen LogP contribution is -2.46. The molecule has 3 N–H and O–H groups in total. The van der Waals surface area contributed by atoms with Crippen LogP contribution in [0.3, 0.4) is 0 Å². The lowest BCUT2D eigenvalue weighted by atomic mass is 9.74. The summed E-state index contributed by atoms with van der Waals surface area (Å²) in [5, 5.41) is 3.18. The molecule has 1 saturated heterocycles. The number of benzene rings is 2. The van der Waals surface area contributed by atoms with Crippen LogP contribution in [-0.2, 0) is 14.9 Å². The van der Waals surface area contributed by atoms with E-state index in [9.17, 15) is 4.79 Å². The number of amides is 1. The number of nitrogens with one attached hydrogen (secondary N) is 1. The van der Waals surface area contributed by atoms with Gasteiger partial charge in [0.15, 0.2) is 0 Å². The summed E-state index contributed by atoms with van der Waals surface area (Å²) in [4.78, 5) is 12.9. The first-order valence-corrected chi connectivity index (χ1v) is 10.4. The summed E-state index contributed by atoms with van der Waals surface area (Å²) in [5.74, 6) is 0.540. The second kappa shape index (κ2) is 9.90. The minimum atomic E-state index is -0.327. The van der Waals surface area contributed by atoms with Crippen LogP contribution in [0.4, 0.5) is 0 Å². The van der Waals surface area contributed by atoms with Gasteiger partial charge in [0.1, 0.15) is 5.75 Å². The molecule has 5 heteroatoms. The molecule has 0 saturated carbocycles. The normalized spacial score (nSPS) is 17.9. The van der Waals surface area contributed by atoms with E-state index < -0.39 is 0 Å². The zero-order valence-corrected chi connectivity index (χ0v) is 17.4. The molecule has 5 nitrogen and oxygen atoms in total. The first-order chi connectivity index (χ1) is 14.1. The molecule has 0 aliphatic carbocycles. The first-order valence-electron chi connectivity index (χ1n) is 10.4. The molecule has 1 fully saturated rings. The van der Waals surface area contributed by atoms with Crippen molar-refractivity contribution in [3.05, 3.63) is 65.7 Å². The molecule has 0 bridgehead atoms. The fraction of sp³-hybridized carbons (Fsp3) is 0.458. The highest BCUT2D eigenvalue weighted by Crippen LogP contribution is 2.35. The van der Waals surface area contributed by atoms with Crippen molar-refractivity contribution in [1.82, 2.24) is 5.32 Å². The van der Waals surface area contributed by atoms with Gasteiger partial charge >= 0.3 is 0 Å². The van der Waals surface area contributed by atoms with Crippen LogP contribution in [0.2, 0.25) is 0 Å². The van der Waals surface area contributed by atoms with Crippen LogP contribution in [0, 0.1) is 5.92 Å². The quantitative estimate of drug-likeness (QED) is 0.715. The van der Waals surface area contributed by atoms with Crippen molar-refractivity contribution >= 4 is 5.91 Å². The Bertz CT molecular complexity index is 770. The maximum Gasteiger partial charge on any atom is 0.224 e. The highest BCUT2D eigenvalue weighted by Gasteiger charge is 2.35. The predicted octanol–water partition coefficient (Wildman–Crippen LogP) is 3.59. The Kier molecular flexibility index (Phi) is 7.29. The minimum absolute atomic E-state index is 0.0156. The Morgan fingerprint density at radius 2 is 1.79 bits per heavy atom. The predicted molar refractivity (Wildman–Crippen MR) is 115 cm³/mol. The van der Waals surface area contributed by atoms with Crippen molar-refractivity contribution in [2.24, 2.45) is 11.7 Å². The number of ether oxygens (including phenoxy) is 2. The van der Waals surface area contributed by atoms with Gasteiger partial charge in [0.2, 0.25) is 5.91 Å². The lowest BCUT2D eigenvalue weighted by molar-refractivity contribution is -0.125. The van der Waals surface area contributed by atoms with E-state index in [1.807, 2.05) is 56.3 Å². The molecule has 1 heterocycles. The van der Waals surface area contributed by atoms with E-state index >= 15 is 0 Å². The molecule has 2 aromatic rings. The molecule has 2 aromatic carbocycles. The van der Waals surface area contributed by atoms with Crippen LogP contribution < -0.4 is 15.8 Å². The van der Waals surface area contributed by atoms with Crippen LogP contribution in [-0.4, -0.2) is 32.3 Å². The number of nitrogens with two attached hydrogens (primary N) is 1. The molecular weight excluding hydrogens is 364 g/mol. The molecular formula is C24H32N2O3. The molecule has 1 aliphatic heterocycles. The summed E-state index contributed by atoms with van der Waals surface area (Å²) in [7, 11) is 0. The topological polar surface area (TPSA) is 73.6 Å². The third-order valence-electron chi connectivity index (χ3n) is 5.97. The second-order valence-corrected chi connectivity index (χ2v) is 7.79. The van der Waals surface area contributed by atoms with Gasteiger partial charge < -0.3 is 20.5 Å². The molecule has 29 heavy (non-hydrogen) atoms. The standard InChI is InChI=1S/C24H32N2O3/c1-3-29-21-11-9-20(10-12-21)24(13-15-28-16-14-24)17-26-23(27)18(2)22(25)19-7-5-4-6-8-19/h4-12,18,22H,3,13-17,25H2,1-2H3,(H,26,27). The Hall–Kier alpha value is -2.37. The fourth-order valence-corrected chi connectivity index (χ4v) is 3.95. The zero-order chi connectivity index (χ0) is 20.7. The van der Waals surface area contributed by atoms with Crippen molar-refractivity contribution in [3.8, 4) is 5.75 Å². The average molecular weight is 397 g/mol. The third kappa shape index (κ3) is 5.17. The van der Waals surface area contributed by atoms with Gasteiger partial charge in [0.25, 0.3) is 0 Å². The van der Waals surface area contributed by atoms with Gasteiger partial charge in [-0.05, 0) is 43.0 Å². The molecule has 156 valence electrons. The van der Waals surface area contributed by atoms with E-state index in [0.29, 0.717) is 26.4 Å². The van der Waals surface area contributed by atoms with E-state index in [4.69, 9.17) is 15.2 Å². The molecule has 2 atom stereocenters. The maximum atomic E-state index is 12.9. The van der Waals surface area contributed by atoms with Gasteiger partial charge in [-0.3, -0.25) is 4.79 Å². The van der Waals surface area contributed by atoms with E-state index in [1.165, 1.54) is 5.56 Å². The first kappa shape index (κ1) is 21.3. The van der Waals surface area contributed by atoms with Gasteiger partial charge in [-0.15, -0.1) is 0 Å². The smallest absolute Gasteiger partial charge is 0.224 e. The third-order valence-corrected chi connectivity index (χ3v) is 5.97. The van der Waals surface area contributed by atoms with Crippen LogP contribution in [0.25, 0.3) is 0 Å². The van der Waals surface area contributed by atoms with E-state index in [1.54, 1.807) is 0 Å². The maximum absolute atomic E-state index is 12.9. The lowest BCUT2D eigenvalue weighted by Gasteiger charge is -2.38. The van der Waals surface area contributed by atoms with Gasteiger partial charge in [0.05, 0.1) is 12.5 Å². The Balaban J connectivity index is 1.69. The molecule has 1 aliphatic rings. The van der Waals surface area contributed by atoms with E-state index in [2.05, 4.69) is 17.4 Å². The van der Waals surface area contributed by atoms with Crippen LogP contribution in [0.1, 0.15) is 43.9 Å². The van der Waals surface area contributed by atoms with Crippen molar-refractivity contribution in [2.75, 3.05) is 26.4 Å². The van der Waals surface area contributed by atoms with Crippen molar-refractivity contribution < 1.29 is 14.3 Å². The number of carbonyl (C=O) groups is 1. The summed E-state index contributed by atoms with van der Waals surface area (Å²) in [6.07, 6.45) is 1.75. The van der Waals surface area contributed by atoms with Crippen LogP contribution >= 0.6 is 0 Å². The summed E-state index contributed by atoms with van der Waals surface area (Å²) in [6, 6.07) is 17.7. The average Bonchev–Trinajstić information content (AvgIpc) is 2.78. The molecule has 0 spiro atoms. The summed E-state index contributed by atoms with van der Waals surface area (Å²) in [6.45, 7) is 6.48. The number of hydrogen-bond donors (Lipinski definition) is 2. The Labute approximate surface area is 173 Å². The zero-order valence-electron chi connectivity index (χ0n) is 17.4. The van der Waals surface area contributed by atoms with Gasteiger partial charge in [0, 0.05) is 31.2 Å². The summed E-state index contributed by atoms with van der Waals surface area (Å²) in [5.41, 5.74) is 8.40. The highest BCUT2D eigenvalue weighted by atomic mass is 16.5. The number of hydrogen-bond acceptors (Lipinski definition) is 4. The molecule has 1 amide bonds. The minimum Gasteiger partial charge on any atom is -0.494 e. The van der Waals surface area contributed by atoms with E-state index in [0.717, 1.165) is 24.2 Å². The van der Waals surface area contributed by atoms with Crippen LogP contribution in [0.5, 0.6) is 5.75 Å². The Morgan fingerprint density at radius 3 is 2.41 bits per heavy atom. The van der Waals surface area contributed by atoms with Crippen molar-refractivity contribution in [1.29, 1.82) is 0 Å². The summed E-state index contributed by atoms with van der Waals surface area (Å²) < 4.78 is 11.2. The van der Waals surface area contributed by atoms with Gasteiger partial charge in [-0.1, -0.05) is 49.4 Å². The van der Waals surface area contributed by atoms with Gasteiger partial charge in [-0.2, -0.15) is 0 Å². The molecule has 0 aromatic heterocycles. The largest absolute Gasteiger partial charge is 0.494 e. The van der Waals surface area contributed by atoms with Gasteiger partial charge in [-0.25, -0.2) is 0 Å². The monoisotopic (exact) mass is 396 g/mol. The van der Waals surface area contributed by atoms with Crippen molar-refractivity contribution in [3.63, 3.8) is 0 Å². The second-order valence-electron chi connectivity index (χ2n) is 7.79. The molecule has 3 rings (SSSR count). The Morgan fingerprint density at radius 1 is 1.14 bits per heavy atom. The number of carbonyl (C=O) groups excluding carboxylic acids is 1. The SMILES string of the molecule is CCOc1ccc(C2(CNC(=O)C(C)C(N)c3ccccc3)CCOCC2)cc1. The molecule has 2 unspecified atom stereocenters. The number of rotatable bonds is 8.